The number of benzene rings is 1. The Morgan fingerprint density at radius 3 is 2.95 bits per heavy atom. The van der Waals surface area contributed by atoms with Crippen molar-refractivity contribution >= 4 is 17.0 Å². The molecule has 0 amide bonds. The van der Waals surface area contributed by atoms with Crippen molar-refractivity contribution in [3.8, 4) is 5.75 Å². The number of phenols is 1. The number of hydrogen-bond donors (Lipinski definition) is 1. The van der Waals surface area contributed by atoms with E-state index in [4.69, 9.17) is 0 Å². The quantitative estimate of drug-likeness (QED) is 0.903. The number of aromatic nitrogens is 1. The third-order valence-corrected chi connectivity index (χ3v) is 3.37. The lowest BCUT2D eigenvalue weighted by Crippen LogP contribution is -2.12. The number of nitrogens with zero attached hydrogens (tertiary/aromatic N) is 2. The highest BCUT2D eigenvalue weighted by molar-refractivity contribution is 5.92. The van der Waals surface area contributed by atoms with Gasteiger partial charge in [0.15, 0.2) is 0 Å². The Morgan fingerprint density at radius 1 is 1.25 bits per heavy atom. The van der Waals surface area contributed by atoms with Gasteiger partial charge in [-0.1, -0.05) is 30.4 Å². The molecule has 0 aliphatic carbocycles. The first-order valence-corrected chi connectivity index (χ1v) is 6.57. The van der Waals surface area contributed by atoms with Gasteiger partial charge in [0.2, 0.25) is 0 Å². The monoisotopic (exact) mass is 264 g/mol. The van der Waals surface area contributed by atoms with Crippen molar-refractivity contribution in [2.75, 3.05) is 13.6 Å². The maximum atomic E-state index is 9.83. The van der Waals surface area contributed by atoms with Crippen molar-refractivity contribution in [3.05, 3.63) is 66.0 Å². The van der Waals surface area contributed by atoms with Gasteiger partial charge in [-0.2, -0.15) is 0 Å². The summed E-state index contributed by atoms with van der Waals surface area (Å²) in [6.45, 7) is 0.925. The topological polar surface area (TPSA) is 36.4 Å². The molecule has 0 saturated heterocycles. The Kier molecular flexibility index (Phi) is 3.25. The molecule has 3 nitrogen and oxygen atoms in total. The normalized spacial score (nSPS) is 15.1. The molecule has 0 saturated carbocycles. The van der Waals surface area contributed by atoms with E-state index in [0.29, 0.717) is 5.52 Å². The van der Waals surface area contributed by atoms with Crippen LogP contribution in [0.3, 0.4) is 0 Å². The van der Waals surface area contributed by atoms with Gasteiger partial charge in [0, 0.05) is 25.2 Å². The van der Waals surface area contributed by atoms with Gasteiger partial charge in [-0.3, -0.25) is 4.98 Å². The average molecular weight is 264 g/mol. The van der Waals surface area contributed by atoms with Crippen LogP contribution in [-0.4, -0.2) is 28.6 Å². The van der Waals surface area contributed by atoms with Crippen LogP contribution in [0, 0.1) is 0 Å². The second-order valence-electron chi connectivity index (χ2n) is 4.87. The van der Waals surface area contributed by atoms with Crippen LogP contribution in [0.1, 0.15) is 5.56 Å². The molecule has 1 N–H and O–H groups in total. The van der Waals surface area contributed by atoms with Gasteiger partial charge >= 0.3 is 0 Å². The highest BCUT2D eigenvalue weighted by atomic mass is 16.3. The van der Waals surface area contributed by atoms with Crippen LogP contribution >= 0.6 is 0 Å². The molecule has 0 bridgehead atoms. The molecule has 0 unspecified atom stereocenters. The molecule has 0 atom stereocenters. The first-order chi connectivity index (χ1) is 9.74. The molecule has 3 heteroatoms. The number of phenolic OH excluding ortho intramolecular Hbond substituents is 1. The lowest BCUT2D eigenvalue weighted by atomic mass is 10.1. The van der Waals surface area contributed by atoms with Crippen molar-refractivity contribution < 1.29 is 5.11 Å². The molecule has 0 fully saturated rings. The summed E-state index contributed by atoms with van der Waals surface area (Å²) in [5.41, 5.74) is 2.88. The van der Waals surface area contributed by atoms with Crippen molar-refractivity contribution in [1.82, 2.24) is 9.88 Å². The Morgan fingerprint density at radius 2 is 2.15 bits per heavy atom. The Labute approximate surface area is 118 Å². The molecule has 20 heavy (non-hydrogen) atoms. The summed E-state index contributed by atoms with van der Waals surface area (Å²) in [5.74, 6) is 0.219. The first-order valence-electron chi connectivity index (χ1n) is 6.57. The number of pyridine rings is 1. The number of hydrogen-bond acceptors (Lipinski definition) is 3. The van der Waals surface area contributed by atoms with Gasteiger partial charge in [0.1, 0.15) is 11.3 Å². The molecule has 1 aliphatic heterocycles. The van der Waals surface area contributed by atoms with Gasteiger partial charge in [0.05, 0.1) is 0 Å². The minimum atomic E-state index is 0.219. The molecule has 1 aromatic carbocycles. The van der Waals surface area contributed by atoms with Crippen molar-refractivity contribution in [2.45, 2.75) is 0 Å². The lowest BCUT2D eigenvalue weighted by Gasteiger charge is -2.15. The predicted octanol–water partition coefficient (Wildman–Crippen LogP) is 3.34. The van der Waals surface area contributed by atoms with Crippen LogP contribution in [0.5, 0.6) is 5.75 Å². The predicted molar refractivity (Wildman–Crippen MR) is 82.3 cm³/mol. The first kappa shape index (κ1) is 12.5. The summed E-state index contributed by atoms with van der Waals surface area (Å²) in [7, 11) is 2.05. The van der Waals surface area contributed by atoms with Crippen molar-refractivity contribution in [3.63, 3.8) is 0 Å². The molecule has 2 aromatic rings. The van der Waals surface area contributed by atoms with Gasteiger partial charge in [0.25, 0.3) is 0 Å². The molecule has 3 rings (SSSR count). The molecular weight excluding hydrogens is 248 g/mol. The molecular formula is C17H16N2O. The highest BCUT2D eigenvalue weighted by Gasteiger charge is 2.04. The summed E-state index contributed by atoms with van der Waals surface area (Å²) in [6.07, 6.45) is 12.2. The number of fused-ring (bicyclic) bond motifs is 1. The Bertz CT molecular complexity index is 729. The molecule has 2 heterocycles. The number of aromatic hydroxyl groups is 1. The van der Waals surface area contributed by atoms with Crippen LogP contribution in [0.15, 0.2) is 60.5 Å². The van der Waals surface area contributed by atoms with E-state index in [1.807, 2.05) is 25.2 Å². The molecule has 0 radical (unpaired) electrons. The van der Waals surface area contributed by atoms with Crippen LogP contribution in [0.25, 0.3) is 17.0 Å². The fourth-order valence-electron chi connectivity index (χ4n) is 2.23. The van der Waals surface area contributed by atoms with Crippen LogP contribution < -0.4 is 0 Å². The van der Waals surface area contributed by atoms with Gasteiger partial charge < -0.3 is 10.0 Å². The Hall–Kier alpha value is -2.55. The number of allylic oxidation sites excluding steroid dienone is 3. The van der Waals surface area contributed by atoms with E-state index in [2.05, 4.69) is 40.4 Å². The van der Waals surface area contributed by atoms with Crippen molar-refractivity contribution in [2.24, 2.45) is 0 Å². The summed E-state index contributed by atoms with van der Waals surface area (Å²) < 4.78 is 0. The fraction of sp³-hybridized carbons (Fsp3) is 0.118. The van der Waals surface area contributed by atoms with E-state index in [1.54, 1.807) is 12.3 Å². The summed E-state index contributed by atoms with van der Waals surface area (Å²) >= 11 is 0. The van der Waals surface area contributed by atoms with E-state index in [0.717, 1.165) is 17.5 Å². The van der Waals surface area contributed by atoms with E-state index in [-0.39, 0.29) is 5.75 Å². The third-order valence-electron chi connectivity index (χ3n) is 3.37. The summed E-state index contributed by atoms with van der Waals surface area (Å²) in [5, 5.41) is 10.8. The zero-order valence-corrected chi connectivity index (χ0v) is 11.3. The summed E-state index contributed by atoms with van der Waals surface area (Å²) in [4.78, 5) is 6.35. The van der Waals surface area contributed by atoms with E-state index < -0.39 is 0 Å². The van der Waals surface area contributed by atoms with Crippen LogP contribution in [0.4, 0.5) is 0 Å². The summed E-state index contributed by atoms with van der Waals surface area (Å²) in [6, 6.07) is 7.46. The van der Waals surface area contributed by atoms with E-state index >= 15 is 0 Å². The second-order valence-corrected chi connectivity index (χ2v) is 4.87. The van der Waals surface area contributed by atoms with E-state index in [9.17, 15) is 5.11 Å². The number of likely N-dealkylation sites (N-methyl/N-ethyl adjacent to an activating group) is 1. The maximum absolute atomic E-state index is 9.83. The highest BCUT2D eigenvalue weighted by Crippen LogP contribution is 2.26. The minimum Gasteiger partial charge on any atom is -0.506 e. The van der Waals surface area contributed by atoms with Gasteiger partial charge in [-0.15, -0.1) is 0 Å². The minimum absolute atomic E-state index is 0.219. The standard InChI is InChI=1S/C17H16N2O/c1-19-11-8-13(9-12-19)4-5-14-6-7-16(20)17-15(14)3-2-10-18-17/h2-11,20H,12H2,1H3/b5-4+. The smallest absolute Gasteiger partial charge is 0.141 e. The molecule has 1 aliphatic rings. The zero-order chi connectivity index (χ0) is 13.9. The lowest BCUT2D eigenvalue weighted by molar-refractivity contribution is 0.480. The largest absolute Gasteiger partial charge is 0.506 e. The number of rotatable bonds is 2. The van der Waals surface area contributed by atoms with Crippen LogP contribution in [-0.2, 0) is 0 Å². The molecule has 100 valence electrons. The SMILES string of the molecule is CN1C=CC(/C=C/c2ccc(O)c3ncccc23)=CC1. The second kappa shape index (κ2) is 5.21. The third kappa shape index (κ3) is 2.43. The molecule has 0 spiro atoms. The van der Waals surface area contributed by atoms with Gasteiger partial charge in [-0.05, 0) is 35.5 Å². The fourth-order valence-corrected chi connectivity index (χ4v) is 2.23. The van der Waals surface area contributed by atoms with Crippen LogP contribution in [0.2, 0.25) is 0 Å². The average Bonchev–Trinajstić information content (AvgIpc) is 2.49. The van der Waals surface area contributed by atoms with Gasteiger partial charge in [-0.25, -0.2) is 0 Å². The van der Waals surface area contributed by atoms with Crippen molar-refractivity contribution in [1.29, 1.82) is 0 Å². The zero-order valence-electron chi connectivity index (χ0n) is 11.3. The maximum Gasteiger partial charge on any atom is 0.141 e. The molecule has 1 aromatic heterocycles. The van der Waals surface area contributed by atoms with E-state index in [1.165, 1.54) is 5.57 Å². The Balaban J connectivity index is 1.96.